The van der Waals surface area contributed by atoms with Crippen molar-refractivity contribution in [2.45, 2.75) is 110 Å². The van der Waals surface area contributed by atoms with Crippen LogP contribution in [0.25, 0.3) is 10.8 Å². The van der Waals surface area contributed by atoms with Crippen molar-refractivity contribution in [2.75, 3.05) is 70.7 Å². The molecule has 1 amide bonds. The van der Waals surface area contributed by atoms with E-state index in [0.29, 0.717) is 51.9 Å². The molecule has 476 valence electrons. The number of hydrogen-bond acceptors (Lipinski definition) is 16. The number of carbonyl (C=O) groups excluding carboxylic acids is 5. The topological polar surface area (TPSA) is 277 Å². The summed E-state index contributed by atoms with van der Waals surface area (Å²) in [6.07, 6.45) is 6.05. The number of aromatic nitrogens is 1. The van der Waals surface area contributed by atoms with E-state index in [9.17, 15) is 55.8 Å². The third-order valence-electron chi connectivity index (χ3n) is 17.3. The summed E-state index contributed by atoms with van der Waals surface area (Å²) in [5.74, 6) is -3.08. The fraction of sp³-hybridized carbons (Fsp3) is 0.516. The van der Waals surface area contributed by atoms with E-state index in [1.165, 1.54) is 47.1 Å². The van der Waals surface area contributed by atoms with Crippen LogP contribution in [0.2, 0.25) is 0 Å². The number of unbranched alkanes of at least 4 members (excludes halogenated alkanes) is 3. The van der Waals surface area contributed by atoms with E-state index in [1.807, 2.05) is 13.0 Å². The van der Waals surface area contributed by atoms with Crippen molar-refractivity contribution in [3.8, 4) is 0 Å². The number of ketones is 2. The number of pyridine rings is 1. The Morgan fingerprint density at radius 2 is 1.55 bits per heavy atom. The Bertz CT molecular complexity index is 3170. The molecule has 5 aliphatic rings. The summed E-state index contributed by atoms with van der Waals surface area (Å²) in [4.78, 5) is 79.0. The summed E-state index contributed by atoms with van der Waals surface area (Å²) in [7, 11) is -2.66. The third-order valence-corrected chi connectivity index (χ3v) is 18.0. The molecule has 5 N–H and O–H groups in total. The molecule has 1 saturated heterocycles. The number of aliphatic hydroxyl groups excluding tert-OH is 1. The Morgan fingerprint density at radius 1 is 0.920 bits per heavy atom. The maximum absolute atomic E-state index is 13.5. The second-order valence-electron chi connectivity index (χ2n) is 23.3. The first kappa shape index (κ1) is 72.9. The van der Waals surface area contributed by atoms with E-state index in [0.717, 1.165) is 44.1 Å². The number of carboxylic acids is 1. The molecule has 4 aliphatic carbocycles. The van der Waals surface area contributed by atoms with Gasteiger partial charge in [0.2, 0.25) is 11.7 Å². The van der Waals surface area contributed by atoms with Crippen molar-refractivity contribution in [3.63, 3.8) is 0 Å². The van der Waals surface area contributed by atoms with Crippen LogP contribution >= 0.6 is 0 Å². The normalized spacial score (nSPS) is 24.5. The number of fused-ring (bicyclic) bond motifs is 6. The Hall–Kier alpha value is -5.89. The standard InChI is InChI=1S/C33H49NO10S.C19H20F3N3O3.C10H8.C2H4O2.Na.H/c1-21-17-23-24-12-14-33(40,32(24,3)19-26(36)30(23)31(2)13-11-22(35)18-25(21)31)27(37)20-44-29(39)10-8-6-5-7-9-28(38)34(4)15-16-45(41,42)43;20-19(21,22)14-3-1-4-15(13-14)24-17-16(5-2-6-23-17)18(26)28-12-9-25-7-10-27-11-8-25;1-2-6-10-8-4-3-7-9(10)5-1;1-2(3)4;;/h11,13,18,21,23-24,26,30,36,40H,5-10,12,14-17,19-20H2,1-4H3,(H,41,42,43);1-6,13H,7-12H2,(H,23,24);1-8H;1H3,(H,3,4);;/q;;;;+1;-1/t21-,23-,24-,26-,30+,31-,32-,33-;;;;;/m0...../s1. The number of aliphatic carboxylic acids is 1. The van der Waals surface area contributed by atoms with Crippen molar-refractivity contribution in [1.82, 2.24) is 14.8 Å². The molecule has 9 rings (SSSR count). The van der Waals surface area contributed by atoms with E-state index in [1.54, 1.807) is 18.2 Å². The number of hydrogen-bond donors (Lipinski definition) is 5. The number of morpholine rings is 1. The van der Waals surface area contributed by atoms with Crippen LogP contribution in [0.3, 0.4) is 0 Å². The maximum Gasteiger partial charge on any atom is 1.00 e. The minimum absolute atomic E-state index is 0. The predicted octanol–water partition coefficient (Wildman–Crippen LogP) is 6.42. The minimum Gasteiger partial charge on any atom is -1.00 e. The van der Waals surface area contributed by atoms with Crippen molar-refractivity contribution in [3.05, 3.63) is 126 Å². The number of benzene rings is 3. The number of Topliss-reactive ketones (excluding diaryl/α,β-unsaturated/α-hetero) is 1. The van der Waals surface area contributed by atoms with Crippen LogP contribution in [0.15, 0.2) is 115 Å². The van der Waals surface area contributed by atoms with Gasteiger partial charge in [0.25, 0.3) is 16.1 Å². The number of nitrogens with zero attached hydrogens (tertiary/aromatic N) is 3. The number of aliphatic hydroxyl groups is 2. The zero-order valence-electron chi connectivity index (χ0n) is 51.9. The second kappa shape index (κ2) is 32.7. The zero-order valence-corrected chi connectivity index (χ0v) is 53.7. The van der Waals surface area contributed by atoms with Gasteiger partial charge in [-0.3, -0.25) is 33.4 Å². The number of nitrogens with one attached hydrogen (secondary N) is 1. The number of carboxylic acid groups (broad SMARTS) is 1. The number of anilines is 2. The van der Waals surface area contributed by atoms with Crippen molar-refractivity contribution >= 4 is 67.8 Å². The number of esters is 2. The Balaban J connectivity index is 0.000000323. The molecule has 19 nitrogen and oxygen atoms in total. The first-order valence-corrected chi connectivity index (χ1v) is 30.9. The number of ether oxygens (including phenoxy) is 3. The summed E-state index contributed by atoms with van der Waals surface area (Å²) in [6, 6.07) is 24.5. The van der Waals surface area contributed by atoms with Crippen LogP contribution in [-0.2, 0) is 54.5 Å². The molecule has 0 spiro atoms. The molecule has 4 fully saturated rings. The number of amides is 1. The SMILES string of the molecule is CC(=O)O.C[C@H]1C[C@@H]2[C@H]([C@@H](O)C[C@@]3(C)[C@H]2CC[C@]3(O)C(=O)COC(=O)CCCCCCC(=O)N(C)CCS(=O)(=O)O)[C@@]2(C)C=CC(=O)C=C12.O=C(OCCN1CCOCC1)c1cccnc1Nc1cccc(C(F)(F)F)c1.[H-].[Na+].c1ccc2ccccc2c1. The molecular formula is C64H82F3N4NaO15S. The van der Waals surface area contributed by atoms with Crippen LogP contribution in [0.4, 0.5) is 24.7 Å². The van der Waals surface area contributed by atoms with Gasteiger partial charge in [-0.25, -0.2) is 9.78 Å². The Morgan fingerprint density at radius 3 is 2.16 bits per heavy atom. The summed E-state index contributed by atoms with van der Waals surface area (Å²) < 4.78 is 85.0. The number of rotatable bonds is 19. The van der Waals surface area contributed by atoms with Crippen LogP contribution in [-0.4, -0.2) is 156 Å². The van der Waals surface area contributed by atoms with Gasteiger partial charge >= 0.3 is 47.7 Å². The molecule has 1 aromatic heterocycles. The molecule has 4 aromatic rings. The second-order valence-corrected chi connectivity index (χ2v) is 24.9. The van der Waals surface area contributed by atoms with Crippen LogP contribution < -0.4 is 34.9 Å². The predicted molar refractivity (Wildman–Crippen MR) is 320 cm³/mol. The summed E-state index contributed by atoms with van der Waals surface area (Å²) >= 11 is 0. The van der Waals surface area contributed by atoms with Crippen molar-refractivity contribution in [1.29, 1.82) is 0 Å². The number of carbonyl (C=O) groups is 6. The van der Waals surface area contributed by atoms with E-state index >= 15 is 0 Å². The van der Waals surface area contributed by atoms with E-state index < -0.39 is 80.4 Å². The molecule has 88 heavy (non-hydrogen) atoms. The Labute approximate surface area is 536 Å². The maximum atomic E-state index is 13.5. The molecule has 1 aliphatic heterocycles. The molecular weight excluding hydrogens is 1180 g/mol. The largest absolute Gasteiger partial charge is 1.00 e. The van der Waals surface area contributed by atoms with Gasteiger partial charge in [-0.1, -0.05) is 99.9 Å². The van der Waals surface area contributed by atoms with E-state index in [4.69, 9.17) is 28.7 Å². The van der Waals surface area contributed by atoms with Gasteiger partial charge in [-0.2, -0.15) is 21.6 Å². The third kappa shape index (κ3) is 19.8. The average Bonchev–Trinajstić information content (AvgIpc) is 1.67. The van der Waals surface area contributed by atoms with Crippen LogP contribution in [0.5, 0.6) is 0 Å². The summed E-state index contributed by atoms with van der Waals surface area (Å²) in [5, 5.41) is 36.2. The molecule has 0 unspecified atom stereocenters. The van der Waals surface area contributed by atoms with Gasteiger partial charge < -0.3 is 41.2 Å². The van der Waals surface area contributed by atoms with Gasteiger partial charge in [0, 0.05) is 81.6 Å². The van der Waals surface area contributed by atoms with Gasteiger partial charge in [-0.05, 0) is 110 Å². The molecule has 0 radical (unpaired) electrons. The Kier molecular flexibility index (Phi) is 27.1. The average molecular weight is 1260 g/mol. The molecule has 2 heterocycles. The first-order chi connectivity index (χ1) is 41.1. The van der Waals surface area contributed by atoms with Crippen molar-refractivity contribution in [2.24, 2.45) is 34.5 Å². The van der Waals surface area contributed by atoms with Gasteiger partial charge in [0.05, 0.1) is 30.6 Å². The smallest absolute Gasteiger partial charge is 1.00 e. The molecule has 24 heteroatoms. The number of halogens is 3. The van der Waals surface area contributed by atoms with Gasteiger partial charge in [0.1, 0.15) is 23.6 Å². The van der Waals surface area contributed by atoms with Crippen LogP contribution in [0, 0.1) is 34.5 Å². The van der Waals surface area contributed by atoms with Crippen molar-refractivity contribution < 1.29 is 115 Å². The molecule has 8 atom stereocenters. The molecule has 3 aromatic carbocycles. The molecule has 3 saturated carbocycles. The van der Waals surface area contributed by atoms with Gasteiger partial charge in [-0.15, -0.1) is 0 Å². The van der Waals surface area contributed by atoms with E-state index in [2.05, 4.69) is 77.6 Å². The number of allylic oxidation sites excluding steroid dienone is 4. The minimum atomic E-state index is -4.46. The van der Waals surface area contributed by atoms with E-state index in [-0.39, 0.29) is 122 Å². The van der Waals surface area contributed by atoms with Crippen LogP contribution in [0.1, 0.15) is 109 Å². The quantitative estimate of drug-likeness (QED) is 0.0293. The summed E-state index contributed by atoms with van der Waals surface area (Å²) in [6.45, 7) is 10.2. The fourth-order valence-corrected chi connectivity index (χ4v) is 13.4. The monoisotopic (exact) mass is 1260 g/mol. The number of alkyl halides is 3. The first-order valence-electron chi connectivity index (χ1n) is 29.3. The zero-order chi connectivity index (χ0) is 63.7. The molecule has 0 bridgehead atoms. The fourth-order valence-electron chi connectivity index (χ4n) is 12.9. The summed E-state index contributed by atoms with van der Waals surface area (Å²) in [5.41, 5.74) is -2.47. The van der Waals surface area contributed by atoms with Gasteiger partial charge in [0.15, 0.2) is 12.4 Å².